The van der Waals surface area contributed by atoms with Gasteiger partial charge in [-0.2, -0.15) is 0 Å². The Morgan fingerprint density at radius 1 is 1.03 bits per heavy atom. The van der Waals surface area contributed by atoms with Crippen LogP contribution in [0.3, 0.4) is 0 Å². The van der Waals surface area contributed by atoms with Crippen LogP contribution in [0.1, 0.15) is 15.9 Å². The Morgan fingerprint density at radius 3 is 2.52 bits per heavy atom. The normalized spacial score (nSPS) is 14.6. The minimum absolute atomic E-state index is 0.239. The molecule has 8 heteroatoms. The fraction of sp³-hybridized carbons (Fsp3) is 0.200. The highest BCUT2D eigenvalue weighted by Gasteiger charge is 2.20. The molecule has 3 aromatic rings. The molecule has 1 saturated heterocycles. The number of anilines is 2. The zero-order valence-electron chi connectivity index (χ0n) is 17.8. The number of carbonyl (C=O) groups excluding carboxylic acids is 1. The van der Waals surface area contributed by atoms with Gasteiger partial charge in [-0.25, -0.2) is 9.37 Å². The van der Waals surface area contributed by atoms with Crippen LogP contribution in [0.2, 0.25) is 10.2 Å². The van der Waals surface area contributed by atoms with Gasteiger partial charge in [0.1, 0.15) is 11.0 Å². The molecule has 33 heavy (non-hydrogen) atoms. The molecule has 2 aromatic carbocycles. The summed E-state index contributed by atoms with van der Waals surface area (Å²) in [5.74, 6) is -0.665. The third-order valence-electron chi connectivity index (χ3n) is 5.45. The maximum atomic E-state index is 14.1. The molecule has 1 fully saturated rings. The number of hydrogen-bond acceptors (Lipinski definition) is 4. The second-order valence-electron chi connectivity index (χ2n) is 7.72. The SMILES string of the molecule is O=C(Nc1ccc(F)cc1N1CCN(C/C=C/c2ccc(Cl)cc2)CC1)c1ccnc(Cl)c1. The van der Waals surface area contributed by atoms with Gasteiger partial charge in [-0.05, 0) is 48.0 Å². The summed E-state index contributed by atoms with van der Waals surface area (Å²) in [4.78, 5) is 21.0. The van der Waals surface area contributed by atoms with E-state index in [1.165, 1.54) is 24.4 Å². The van der Waals surface area contributed by atoms with Gasteiger partial charge in [0.2, 0.25) is 0 Å². The summed E-state index contributed by atoms with van der Waals surface area (Å²) in [5.41, 5.74) is 2.72. The molecule has 0 bridgehead atoms. The van der Waals surface area contributed by atoms with Crippen molar-refractivity contribution in [3.63, 3.8) is 0 Å². The molecule has 1 aliphatic heterocycles. The molecule has 0 spiro atoms. The van der Waals surface area contributed by atoms with E-state index in [1.54, 1.807) is 12.1 Å². The maximum Gasteiger partial charge on any atom is 0.255 e. The number of aromatic nitrogens is 1. The lowest BCUT2D eigenvalue weighted by molar-refractivity contribution is 0.102. The zero-order chi connectivity index (χ0) is 23.2. The van der Waals surface area contributed by atoms with Crippen molar-refractivity contribution < 1.29 is 9.18 Å². The molecule has 0 saturated carbocycles. The Hall–Kier alpha value is -2.93. The van der Waals surface area contributed by atoms with Crippen LogP contribution in [0.15, 0.2) is 66.9 Å². The topological polar surface area (TPSA) is 48.5 Å². The van der Waals surface area contributed by atoms with E-state index in [4.69, 9.17) is 23.2 Å². The van der Waals surface area contributed by atoms with Crippen LogP contribution in [-0.4, -0.2) is 48.5 Å². The van der Waals surface area contributed by atoms with Gasteiger partial charge in [0.05, 0.1) is 11.4 Å². The summed E-state index contributed by atoms with van der Waals surface area (Å²) < 4.78 is 14.1. The van der Waals surface area contributed by atoms with Crippen LogP contribution >= 0.6 is 23.2 Å². The van der Waals surface area contributed by atoms with E-state index in [2.05, 4.69) is 32.3 Å². The van der Waals surface area contributed by atoms with Crippen molar-refractivity contribution in [2.75, 3.05) is 42.9 Å². The van der Waals surface area contributed by atoms with Crippen LogP contribution in [0.4, 0.5) is 15.8 Å². The van der Waals surface area contributed by atoms with Gasteiger partial charge in [0.15, 0.2) is 0 Å². The van der Waals surface area contributed by atoms with E-state index >= 15 is 0 Å². The molecule has 0 aliphatic carbocycles. The van der Waals surface area contributed by atoms with E-state index in [1.807, 2.05) is 24.3 Å². The Balaban J connectivity index is 1.38. The van der Waals surface area contributed by atoms with E-state index < -0.39 is 0 Å². The summed E-state index contributed by atoms with van der Waals surface area (Å²) in [6.07, 6.45) is 5.68. The highest BCUT2D eigenvalue weighted by Crippen LogP contribution is 2.28. The highest BCUT2D eigenvalue weighted by molar-refractivity contribution is 6.30. The average Bonchev–Trinajstić information content (AvgIpc) is 2.82. The quantitative estimate of drug-likeness (QED) is 0.461. The summed E-state index contributed by atoms with van der Waals surface area (Å²) in [7, 11) is 0. The number of hydrogen-bond donors (Lipinski definition) is 1. The number of carbonyl (C=O) groups is 1. The predicted octanol–water partition coefficient (Wildman–Crippen LogP) is 5.62. The minimum Gasteiger partial charge on any atom is -0.367 e. The average molecular weight is 485 g/mol. The van der Waals surface area contributed by atoms with Gasteiger partial charge in [-0.3, -0.25) is 9.69 Å². The third-order valence-corrected chi connectivity index (χ3v) is 5.91. The number of nitrogens with zero attached hydrogens (tertiary/aromatic N) is 3. The second kappa shape index (κ2) is 10.8. The molecule has 170 valence electrons. The number of amides is 1. The fourth-order valence-corrected chi connectivity index (χ4v) is 3.99. The smallest absolute Gasteiger partial charge is 0.255 e. The maximum absolute atomic E-state index is 14.1. The van der Waals surface area contributed by atoms with Gasteiger partial charge in [0.25, 0.3) is 5.91 Å². The van der Waals surface area contributed by atoms with Crippen LogP contribution in [0.25, 0.3) is 6.08 Å². The number of nitrogens with one attached hydrogen (secondary N) is 1. The minimum atomic E-state index is -0.344. The first-order valence-electron chi connectivity index (χ1n) is 10.6. The Bertz CT molecular complexity index is 1150. The lowest BCUT2D eigenvalue weighted by Gasteiger charge is -2.36. The fourth-order valence-electron chi connectivity index (χ4n) is 3.69. The molecule has 2 heterocycles. The lowest BCUT2D eigenvalue weighted by Crippen LogP contribution is -2.46. The van der Waals surface area contributed by atoms with Crippen molar-refractivity contribution >= 4 is 46.6 Å². The third kappa shape index (κ3) is 6.32. The molecular weight excluding hydrogens is 462 g/mol. The van der Waals surface area contributed by atoms with Crippen molar-refractivity contribution in [1.29, 1.82) is 0 Å². The van der Waals surface area contributed by atoms with Crippen molar-refractivity contribution in [3.05, 3.63) is 94.0 Å². The van der Waals surface area contributed by atoms with Crippen LogP contribution in [0, 0.1) is 5.82 Å². The number of benzene rings is 2. The van der Waals surface area contributed by atoms with E-state index in [9.17, 15) is 9.18 Å². The Morgan fingerprint density at radius 2 is 1.79 bits per heavy atom. The molecule has 1 amide bonds. The number of rotatable bonds is 6. The van der Waals surface area contributed by atoms with Crippen molar-refractivity contribution in [1.82, 2.24) is 9.88 Å². The Labute approximate surface area is 202 Å². The molecule has 1 N–H and O–H groups in total. The van der Waals surface area contributed by atoms with E-state index in [0.29, 0.717) is 16.9 Å². The van der Waals surface area contributed by atoms with Crippen LogP contribution in [-0.2, 0) is 0 Å². The van der Waals surface area contributed by atoms with Gasteiger partial charge in [0, 0.05) is 49.5 Å². The second-order valence-corrected chi connectivity index (χ2v) is 8.55. The van der Waals surface area contributed by atoms with Gasteiger partial charge in [-0.1, -0.05) is 47.5 Å². The molecule has 0 atom stereocenters. The largest absolute Gasteiger partial charge is 0.367 e. The van der Waals surface area contributed by atoms with E-state index in [-0.39, 0.29) is 16.9 Å². The number of halogens is 3. The van der Waals surface area contributed by atoms with Crippen LogP contribution < -0.4 is 10.2 Å². The van der Waals surface area contributed by atoms with Gasteiger partial charge in [-0.15, -0.1) is 0 Å². The first-order valence-corrected chi connectivity index (χ1v) is 11.4. The highest BCUT2D eigenvalue weighted by atomic mass is 35.5. The number of piperazine rings is 1. The zero-order valence-corrected chi connectivity index (χ0v) is 19.4. The molecule has 0 unspecified atom stereocenters. The van der Waals surface area contributed by atoms with Crippen molar-refractivity contribution in [2.24, 2.45) is 0 Å². The molecule has 5 nitrogen and oxygen atoms in total. The van der Waals surface area contributed by atoms with Crippen LogP contribution in [0.5, 0.6) is 0 Å². The first kappa shape index (κ1) is 23.2. The molecule has 0 radical (unpaired) electrons. The lowest BCUT2D eigenvalue weighted by atomic mass is 10.2. The van der Waals surface area contributed by atoms with E-state index in [0.717, 1.165) is 43.3 Å². The molecule has 4 rings (SSSR count). The van der Waals surface area contributed by atoms with Gasteiger partial charge >= 0.3 is 0 Å². The first-order chi connectivity index (χ1) is 16.0. The Kier molecular flexibility index (Phi) is 7.60. The molecular formula is C25H23Cl2FN4O. The molecule has 1 aromatic heterocycles. The standard InChI is InChI=1S/C25H23Cl2FN4O/c26-20-5-3-18(4-6-20)2-1-11-31-12-14-32(15-13-31)23-17-21(28)7-8-22(23)30-25(33)19-9-10-29-24(27)16-19/h1-10,16-17H,11-15H2,(H,30,33)/b2-1+. The van der Waals surface area contributed by atoms with Crippen molar-refractivity contribution in [3.8, 4) is 0 Å². The summed E-state index contributed by atoms with van der Waals surface area (Å²) in [6, 6.07) is 15.2. The summed E-state index contributed by atoms with van der Waals surface area (Å²) in [5, 5.41) is 3.84. The van der Waals surface area contributed by atoms with Gasteiger partial charge < -0.3 is 10.2 Å². The summed E-state index contributed by atoms with van der Waals surface area (Å²) in [6.45, 7) is 3.93. The summed E-state index contributed by atoms with van der Waals surface area (Å²) >= 11 is 11.8. The monoisotopic (exact) mass is 484 g/mol. The predicted molar refractivity (Wildman–Crippen MR) is 133 cm³/mol. The molecule has 1 aliphatic rings. The van der Waals surface area contributed by atoms with Crippen molar-refractivity contribution in [2.45, 2.75) is 0 Å². The number of pyridine rings is 1.